The molecule has 2 aromatic carbocycles. The molecule has 1 aromatic heterocycles. The van der Waals surface area contributed by atoms with Gasteiger partial charge in [-0.25, -0.2) is 0 Å². The fourth-order valence-electron chi connectivity index (χ4n) is 3.67. The fraction of sp³-hybridized carbons (Fsp3) is 0.167. The number of hydrogen-bond donors (Lipinski definition) is 0. The number of fused-ring (bicyclic) bond motifs is 4. The van der Waals surface area contributed by atoms with Crippen molar-refractivity contribution in [3.05, 3.63) is 89.0 Å². The molecule has 0 saturated heterocycles. The van der Waals surface area contributed by atoms with Crippen LogP contribution in [-0.4, -0.2) is 4.57 Å². The zero-order chi connectivity index (χ0) is 18.1. The Morgan fingerprint density at radius 1 is 0.885 bits per heavy atom. The number of hydrogen-bond acceptors (Lipinski definition) is 0. The van der Waals surface area contributed by atoms with E-state index >= 15 is 0 Å². The average Bonchev–Trinajstić information content (AvgIpc) is 3.16. The van der Waals surface area contributed by atoms with E-state index in [0.717, 1.165) is 6.42 Å². The monoisotopic (exact) mass is 506 g/mol. The predicted octanol–water partition coefficient (Wildman–Crippen LogP) is 5.21. The van der Waals surface area contributed by atoms with Crippen molar-refractivity contribution in [3.63, 3.8) is 0 Å². The van der Waals surface area contributed by atoms with Crippen molar-refractivity contribution < 1.29 is 21.4 Å². The molecule has 3 aromatic rings. The molecule has 0 radical (unpaired) electrons. The van der Waals surface area contributed by atoms with Crippen LogP contribution in [0.1, 0.15) is 6.42 Å². The molecule has 26 heavy (non-hydrogen) atoms. The summed E-state index contributed by atoms with van der Waals surface area (Å²) in [4.78, 5) is 0. The van der Waals surface area contributed by atoms with Crippen LogP contribution >= 0.6 is 0 Å². The van der Waals surface area contributed by atoms with Gasteiger partial charge in [0.1, 0.15) is 0 Å². The van der Waals surface area contributed by atoms with Gasteiger partial charge in [0, 0.05) is 16.3 Å². The Morgan fingerprint density at radius 3 is 2.35 bits per heavy atom. The topological polar surface area (TPSA) is 4.93 Å². The second-order valence-corrected chi connectivity index (χ2v) is 18.1. The third-order valence-corrected chi connectivity index (χ3v) is 4.60. The van der Waals surface area contributed by atoms with Gasteiger partial charge in [-0.05, 0) is 41.8 Å². The first-order valence-corrected chi connectivity index (χ1v) is 20.0. The molecule has 2 aliphatic carbocycles. The minimum absolute atomic E-state index is 0.657. The van der Waals surface area contributed by atoms with Crippen molar-refractivity contribution in [3.8, 4) is 5.69 Å². The normalized spacial score (nSPS) is 14.1. The molecule has 0 atom stereocenters. The molecule has 129 valence electrons. The molecule has 1 nitrogen and oxygen atoms in total. The third-order valence-electron chi connectivity index (χ3n) is 4.60. The average molecular weight is 505 g/mol. The van der Waals surface area contributed by atoms with Crippen molar-refractivity contribution in [2.75, 3.05) is 0 Å². The Kier molecular flexibility index (Phi) is 4.95. The Morgan fingerprint density at radius 2 is 1.58 bits per heavy atom. The third kappa shape index (κ3) is 3.12. The van der Waals surface area contributed by atoms with E-state index in [9.17, 15) is 0 Å². The summed E-state index contributed by atoms with van der Waals surface area (Å²) in [6, 6.07) is 19.4. The Labute approximate surface area is 163 Å². The molecule has 2 heteroatoms. The summed E-state index contributed by atoms with van der Waals surface area (Å²) < 4.78 is 9.52. The summed E-state index contributed by atoms with van der Waals surface area (Å²) >= 11 is -0.657. The first-order chi connectivity index (χ1) is 12.7. The van der Waals surface area contributed by atoms with Crippen LogP contribution in [0.15, 0.2) is 78.4 Å². The van der Waals surface area contributed by atoms with Crippen LogP contribution in [-0.2, 0) is 21.4 Å². The Bertz CT molecular complexity index is 1130. The van der Waals surface area contributed by atoms with Gasteiger partial charge in [0.05, 0.1) is 10.9 Å². The molecular weight excluding hydrogens is 481 g/mol. The van der Waals surface area contributed by atoms with Crippen LogP contribution in [0.3, 0.4) is 0 Å². The van der Waals surface area contributed by atoms with Gasteiger partial charge >= 0.3 is 35.5 Å². The summed E-state index contributed by atoms with van der Waals surface area (Å²) in [7, 11) is 0. The molecule has 5 rings (SSSR count). The number of benzene rings is 2. The van der Waals surface area contributed by atoms with E-state index in [1.807, 2.05) is 0 Å². The molecule has 0 aliphatic heterocycles. The maximum absolute atomic E-state index is 2.39. The van der Waals surface area contributed by atoms with Crippen molar-refractivity contribution in [2.24, 2.45) is 0 Å². The summed E-state index contributed by atoms with van der Waals surface area (Å²) in [6.07, 6.45) is 9.99. The zero-order valence-electron chi connectivity index (χ0n) is 15.7. The van der Waals surface area contributed by atoms with Crippen molar-refractivity contribution in [1.82, 2.24) is 4.57 Å². The molecule has 0 fully saturated rings. The maximum atomic E-state index is 2.39. The zero-order valence-corrected chi connectivity index (χ0v) is 19.3. The van der Waals surface area contributed by atoms with E-state index in [2.05, 4.69) is 97.5 Å². The van der Waals surface area contributed by atoms with E-state index in [0.29, 0.717) is 0 Å². The van der Waals surface area contributed by atoms with Gasteiger partial charge < -0.3 is 4.57 Å². The molecule has 0 bridgehead atoms. The van der Waals surface area contributed by atoms with Gasteiger partial charge in [-0.2, -0.15) is 0 Å². The van der Waals surface area contributed by atoms with Crippen LogP contribution in [0.25, 0.3) is 28.2 Å². The summed E-state index contributed by atoms with van der Waals surface area (Å²) in [5.41, 5.74) is 5.34. The molecule has 0 spiro atoms. The van der Waals surface area contributed by atoms with Crippen molar-refractivity contribution >= 4 is 22.6 Å². The van der Waals surface area contributed by atoms with Crippen molar-refractivity contribution in [2.45, 2.75) is 20.5 Å². The molecule has 2 aliphatic rings. The second kappa shape index (κ2) is 7.36. The standard InChI is InChI=1S/C21H15N.3CH3.Hf/c1-2-9-16(10-3-1)22-19-13-7-6-12-18(19)21-17-11-5-4-8-15(17)14-20(21)22;;;;/h1-10,12-14H,11H2;3*1H3;. The fourth-order valence-corrected chi connectivity index (χ4v) is 3.67. The molecule has 0 amide bonds. The van der Waals surface area contributed by atoms with Gasteiger partial charge in [0.15, 0.2) is 0 Å². The van der Waals surface area contributed by atoms with Gasteiger partial charge in [-0.15, -0.1) is 0 Å². The number of para-hydroxylation sites is 2. The second-order valence-electron chi connectivity index (χ2n) is 7.33. The summed E-state index contributed by atoms with van der Waals surface area (Å²) in [5, 5.41) is 4.08. The van der Waals surface area contributed by atoms with Gasteiger partial charge in [0.2, 0.25) is 0 Å². The quantitative estimate of drug-likeness (QED) is 0.401. The molecule has 0 N–H and O–H groups in total. The number of aromatic nitrogens is 1. The summed E-state index contributed by atoms with van der Waals surface area (Å²) in [5.74, 6) is 0. The number of nitrogens with zero attached hydrogens (tertiary/aromatic N) is 1. The van der Waals surface area contributed by atoms with Crippen molar-refractivity contribution in [1.29, 1.82) is 0 Å². The van der Waals surface area contributed by atoms with Gasteiger partial charge in [-0.1, -0.05) is 54.6 Å². The minimum atomic E-state index is -0.657. The van der Waals surface area contributed by atoms with Crippen LogP contribution in [0.4, 0.5) is 0 Å². The van der Waals surface area contributed by atoms with Crippen LogP contribution < -0.4 is 10.6 Å². The van der Waals surface area contributed by atoms with Crippen LogP contribution in [0, 0.1) is 0 Å². The van der Waals surface area contributed by atoms with Gasteiger partial charge in [0.25, 0.3) is 0 Å². The first kappa shape index (κ1) is 17.5. The van der Waals surface area contributed by atoms with E-state index in [1.165, 1.54) is 38.3 Å². The molecular formula is C24H24HfN. The number of rotatable bonds is 1. The first-order valence-electron chi connectivity index (χ1n) is 9.20. The Balaban J connectivity index is 0.000000385. The summed E-state index contributed by atoms with van der Waals surface area (Å²) in [6.45, 7) is 0. The molecule has 0 unspecified atom stereocenters. The van der Waals surface area contributed by atoms with E-state index in [4.69, 9.17) is 0 Å². The SMILES string of the molecule is C1=CCC2=c3c(n(-c4ccccc4)c4ccccc34)=CC2=C1.[CH3][Hf]([CH3])[CH3]. The van der Waals surface area contributed by atoms with Gasteiger partial charge in [-0.3, -0.25) is 0 Å². The number of allylic oxidation sites excluding steroid dienone is 4. The van der Waals surface area contributed by atoms with E-state index in [-0.39, 0.29) is 0 Å². The van der Waals surface area contributed by atoms with Crippen LogP contribution in [0.2, 0.25) is 14.0 Å². The van der Waals surface area contributed by atoms with E-state index < -0.39 is 21.4 Å². The Hall–Kier alpha value is -1.93. The molecule has 1 heterocycles. The predicted molar refractivity (Wildman–Crippen MR) is 110 cm³/mol. The van der Waals surface area contributed by atoms with E-state index in [1.54, 1.807) is 0 Å². The van der Waals surface area contributed by atoms with Crippen LogP contribution in [0.5, 0.6) is 0 Å². The molecule has 0 saturated carbocycles.